The SMILES string of the molecule is C[C@H]1CN(C(=O)Cc2ccc(CN3CCN(C)CC3)c(C(F)(F)F)c2)Cc2cc(Oc3ccnc4[nH]c(C#N)cc34)ccc21. The third-order valence-electron chi connectivity index (χ3n) is 8.52. The number of piperazine rings is 1. The highest BCUT2D eigenvalue weighted by Crippen LogP contribution is 2.36. The Bertz CT molecular complexity index is 1740. The monoisotopic (exact) mass is 602 g/mol. The van der Waals surface area contributed by atoms with Crippen molar-refractivity contribution in [2.45, 2.75) is 38.5 Å². The molecule has 0 aliphatic carbocycles. The van der Waals surface area contributed by atoms with E-state index >= 15 is 0 Å². The van der Waals surface area contributed by atoms with E-state index in [0.717, 1.165) is 43.4 Å². The molecule has 1 amide bonds. The van der Waals surface area contributed by atoms with Gasteiger partial charge < -0.3 is 19.5 Å². The highest BCUT2D eigenvalue weighted by atomic mass is 19.4. The molecule has 1 fully saturated rings. The van der Waals surface area contributed by atoms with Crippen molar-refractivity contribution < 1.29 is 22.7 Å². The quantitative estimate of drug-likeness (QED) is 0.306. The van der Waals surface area contributed by atoms with E-state index in [1.54, 1.807) is 29.3 Å². The summed E-state index contributed by atoms with van der Waals surface area (Å²) in [5.74, 6) is 0.939. The van der Waals surface area contributed by atoms with Crippen LogP contribution < -0.4 is 4.74 Å². The number of nitriles is 1. The summed E-state index contributed by atoms with van der Waals surface area (Å²) in [5, 5.41) is 9.91. The van der Waals surface area contributed by atoms with Gasteiger partial charge in [0.15, 0.2) is 0 Å². The van der Waals surface area contributed by atoms with Gasteiger partial charge in [0, 0.05) is 52.0 Å². The number of carbonyl (C=O) groups excluding carboxylic acids is 1. The van der Waals surface area contributed by atoms with Crippen LogP contribution in [0.2, 0.25) is 0 Å². The van der Waals surface area contributed by atoms with E-state index in [2.05, 4.69) is 20.9 Å². The first-order valence-electron chi connectivity index (χ1n) is 14.6. The van der Waals surface area contributed by atoms with Crippen molar-refractivity contribution in [3.8, 4) is 17.6 Å². The maximum atomic E-state index is 14.1. The van der Waals surface area contributed by atoms with Crippen LogP contribution in [0.25, 0.3) is 11.0 Å². The summed E-state index contributed by atoms with van der Waals surface area (Å²) in [5.41, 5.74) is 2.86. The topological polar surface area (TPSA) is 88.5 Å². The Morgan fingerprint density at radius 1 is 1.11 bits per heavy atom. The number of rotatable bonds is 6. The molecule has 2 aromatic heterocycles. The minimum atomic E-state index is -4.51. The number of ether oxygens (including phenoxy) is 1. The summed E-state index contributed by atoms with van der Waals surface area (Å²) in [6.45, 7) is 6.15. The Kier molecular flexibility index (Phi) is 8.05. The Balaban J connectivity index is 1.17. The summed E-state index contributed by atoms with van der Waals surface area (Å²) in [4.78, 5) is 26.5. The Labute approximate surface area is 253 Å². The molecule has 44 heavy (non-hydrogen) atoms. The second-order valence-electron chi connectivity index (χ2n) is 11.7. The number of aromatic amines is 1. The lowest BCUT2D eigenvalue weighted by Gasteiger charge is -2.34. The molecule has 2 aromatic carbocycles. The van der Waals surface area contributed by atoms with Crippen LogP contribution in [0.1, 0.15) is 46.4 Å². The molecule has 0 spiro atoms. The van der Waals surface area contributed by atoms with E-state index in [-0.39, 0.29) is 30.4 Å². The fourth-order valence-corrected chi connectivity index (χ4v) is 6.10. The number of likely N-dealkylation sites (N-methyl/N-ethyl adjacent to an activating group) is 1. The molecular formula is C33H33F3N6O2. The molecule has 8 nitrogen and oxygen atoms in total. The van der Waals surface area contributed by atoms with Crippen molar-refractivity contribution in [3.05, 3.63) is 88.2 Å². The van der Waals surface area contributed by atoms with Crippen LogP contribution in [0.4, 0.5) is 13.2 Å². The van der Waals surface area contributed by atoms with E-state index in [1.807, 2.05) is 37.1 Å². The number of nitrogens with zero attached hydrogens (tertiary/aromatic N) is 5. The van der Waals surface area contributed by atoms with Gasteiger partial charge in [0.2, 0.25) is 5.91 Å². The molecule has 1 N–H and O–H groups in total. The highest BCUT2D eigenvalue weighted by Gasteiger charge is 2.35. The zero-order chi connectivity index (χ0) is 31.0. The Morgan fingerprint density at radius 3 is 2.66 bits per heavy atom. The van der Waals surface area contributed by atoms with Crippen LogP contribution in [0.15, 0.2) is 54.7 Å². The molecule has 0 bridgehead atoms. The molecular weight excluding hydrogens is 569 g/mol. The van der Waals surface area contributed by atoms with E-state index in [9.17, 15) is 23.2 Å². The van der Waals surface area contributed by atoms with Gasteiger partial charge in [0.1, 0.15) is 28.9 Å². The normalized spacial score (nSPS) is 17.8. The number of nitrogens with one attached hydrogen (secondary N) is 1. The van der Waals surface area contributed by atoms with Crippen molar-refractivity contribution in [1.29, 1.82) is 5.26 Å². The highest BCUT2D eigenvalue weighted by molar-refractivity contribution is 5.84. The fraction of sp³-hybridized carbons (Fsp3) is 0.364. The number of hydrogen-bond donors (Lipinski definition) is 1. The van der Waals surface area contributed by atoms with Gasteiger partial charge in [0.05, 0.1) is 17.4 Å². The molecule has 4 aromatic rings. The van der Waals surface area contributed by atoms with E-state index in [0.29, 0.717) is 46.9 Å². The first-order chi connectivity index (χ1) is 21.1. The van der Waals surface area contributed by atoms with Crippen LogP contribution >= 0.6 is 0 Å². The number of pyridine rings is 1. The van der Waals surface area contributed by atoms with Crippen molar-refractivity contribution >= 4 is 16.9 Å². The minimum Gasteiger partial charge on any atom is -0.457 e. The molecule has 0 saturated carbocycles. The summed E-state index contributed by atoms with van der Waals surface area (Å²) in [6, 6.07) is 15.6. The molecule has 4 heterocycles. The van der Waals surface area contributed by atoms with Gasteiger partial charge >= 0.3 is 6.18 Å². The maximum Gasteiger partial charge on any atom is 0.416 e. The van der Waals surface area contributed by atoms with Crippen molar-refractivity contribution in [1.82, 2.24) is 24.7 Å². The number of aromatic nitrogens is 2. The molecule has 228 valence electrons. The second kappa shape index (κ2) is 11.9. The first-order valence-corrected chi connectivity index (χ1v) is 14.6. The maximum absolute atomic E-state index is 14.1. The van der Waals surface area contributed by atoms with Gasteiger partial charge in [-0.1, -0.05) is 25.1 Å². The predicted molar refractivity (Wildman–Crippen MR) is 159 cm³/mol. The average molecular weight is 603 g/mol. The predicted octanol–water partition coefficient (Wildman–Crippen LogP) is 5.68. The Hall–Kier alpha value is -4.40. The summed E-state index contributed by atoms with van der Waals surface area (Å²) < 4.78 is 48.5. The molecule has 2 aliphatic rings. The zero-order valence-electron chi connectivity index (χ0n) is 24.6. The summed E-state index contributed by atoms with van der Waals surface area (Å²) in [6.07, 6.45) is -3.02. The number of benzene rings is 2. The van der Waals surface area contributed by atoms with E-state index in [4.69, 9.17) is 4.74 Å². The van der Waals surface area contributed by atoms with Gasteiger partial charge in [-0.05, 0) is 65.6 Å². The van der Waals surface area contributed by atoms with E-state index in [1.165, 1.54) is 6.07 Å². The lowest BCUT2D eigenvalue weighted by atomic mass is 9.90. The third kappa shape index (κ3) is 6.27. The smallest absolute Gasteiger partial charge is 0.416 e. The minimum absolute atomic E-state index is 0.0453. The number of amides is 1. The number of fused-ring (bicyclic) bond motifs is 2. The molecule has 11 heteroatoms. The van der Waals surface area contributed by atoms with Gasteiger partial charge in [0.25, 0.3) is 0 Å². The molecule has 6 rings (SSSR count). The number of alkyl halides is 3. The van der Waals surface area contributed by atoms with Crippen LogP contribution in [-0.4, -0.2) is 70.3 Å². The lowest BCUT2D eigenvalue weighted by Crippen LogP contribution is -2.44. The van der Waals surface area contributed by atoms with Crippen molar-refractivity contribution in [3.63, 3.8) is 0 Å². The number of hydrogen-bond acceptors (Lipinski definition) is 6. The van der Waals surface area contributed by atoms with Crippen LogP contribution in [0, 0.1) is 11.3 Å². The lowest BCUT2D eigenvalue weighted by molar-refractivity contribution is -0.138. The molecule has 0 radical (unpaired) electrons. The molecule has 0 unspecified atom stereocenters. The fourth-order valence-electron chi connectivity index (χ4n) is 6.10. The van der Waals surface area contributed by atoms with Gasteiger partial charge in [-0.2, -0.15) is 18.4 Å². The van der Waals surface area contributed by atoms with E-state index < -0.39 is 11.7 Å². The van der Waals surface area contributed by atoms with Crippen molar-refractivity contribution in [2.75, 3.05) is 39.8 Å². The number of halogens is 3. The number of H-pyrrole nitrogens is 1. The van der Waals surface area contributed by atoms with Crippen LogP contribution in [0.5, 0.6) is 11.5 Å². The summed E-state index contributed by atoms with van der Waals surface area (Å²) in [7, 11) is 2.01. The van der Waals surface area contributed by atoms with Crippen molar-refractivity contribution in [2.24, 2.45) is 0 Å². The van der Waals surface area contributed by atoms with Crippen LogP contribution in [-0.2, 0) is 30.5 Å². The second-order valence-corrected chi connectivity index (χ2v) is 11.7. The zero-order valence-corrected chi connectivity index (χ0v) is 24.6. The standard InChI is InChI=1S/C33H33F3N6O2/c1-21-18-42(20-24-15-26(5-6-27(21)24)44-30-7-8-38-32-28(30)16-25(17-37)39-32)31(43)14-22-3-4-23(29(13-22)33(34,35)36)19-41-11-9-40(2)10-12-41/h3-8,13,15-16,21H,9-12,14,18-20H2,1-2H3,(H,38,39)/t21-/m0/s1. The summed E-state index contributed by atoms with van der Waals surface area (Å²) >= 11 is 0. The first kappa shape index (κ1) is 29.7. The third-order valence-corrected chi connectivity index (χ3v) is 8.52. The van der Waals surface area contributed by atoms with Gasteiger partial charge in [-0.3, -0.25) is 9.69 Å². The Morgan fingerprint density at radius 2 is 1.91 bits per heavy atom. The van der Waals surface area contributed by atoms with Crippen LogP contribution in [0.3, 0.4) is 0 Å². The average Bonchev–Trinajstić information content (AvgIpc) is 3.43. The molecule has 1 atom stereocenters. The molecule has 1 saturated heterocycles. The molecule has 2 aliphatic heterocycles. The largest absolute Gasteiger partial charge is 0.457 e. The van der Waals surface area contributed by atoms with Gasteiger partial charge in [-0.25, -0.2) is 4.98 Å². The number of carbonyl (C=O) groups is 1. The van der Waals surface area contributed by atoms with Gasteiger partial charge in [-0.15, -0.1) is 0 Å².